The Balaban J connectivity index is 2.07. The van der Waals surface area contributed by atoms with Gasteiger partial charge < -0.3 is 4.42 Å². The highest BCUT2D eigenvalue weighted by Gasteiger charge is 2.05. The van der Waals surface area contributed by atoms with Gasteiger partial charge in [-0.2, -0.15) is 0 Å². The Morgan fingerprint density at radius 2 is 2.06 bits per heavy atom. The van der Waals surface area contributed by atoms with Crippen LogP contribution in [-0.4, -0.2) is 17.3 Å². The van der Waals surface area contributed by atoms with Crippen LogP contribution in [0.5, 0.6) is 0 Å². The fourth-order valence-electron chi connectivity index (χ4n) is 1.90. The summed E-state index contributed by atoms with van der Waals surface area (Å²) < 4.78 is 5.03. The van der Waals surface area contributed by atoms with E-state index in [1.807, 2.05) is 30.4 Å². The van der Waals surface area contributed by atoms with E-state index in [1.54, 1.807) is 17.8 Å². The van der Waals surface area contributed by atoms with Gasteiger partial charge in [-0.3, -0.25) is 4.99 Å². The Hall–Kier alpha value is -1.81. The molecule has 3 rings (SSSR count). The number of nitrogens with zero attached hydrogens (tertiary/aromatic N) is 1. The Kier molecular flexibility index (Phi) is 3.02. The molecule has 1 aliphatic heterocycles. The standard InChI is InChI=1S/C14H11NO2S/c16-14-12-4-2-1-3-11(12)10(9-17-14)5-6-13-15-7-8-18-13/h1-6,9H,7-8H2/b6-5-. The van der Waals surface area contributed by atoms with E-state index in [0.717, 1.165) is 28.3 Å². The molecule has 1 aliphatic rings. The van der Waals surface area contributed by atoms with Crippen LogP contribution in [-0.2, 0) is 0 Å². The molecule has 18 heavy (non-hydrogen) atoms. The lowest BCUT2D eigenvalue weighted by Gasteiger charge is -1.99. The lowest BCUT2D eigenvalue weighted by Crippen LogP contribution is -1.99. The van der Waals surface area contributed by atoms with Crippen LogP contribution in [0.3, 0.4) is 0 Å². The summed E-state index contributed by atoms with van der Waals surface area (Å²) in [7, 11) is 0. The predicted molar refractivity (Wildman–Crippen MR) is 76.3 cm³/mol. The van der Waals surface area contributed by atoms with Gasteiger partial charge in [0, 0.05) is 17.9 Å². The van der Waals surface area contributed by atoms with Crippen molar-refractivity contribution in [3.63, 3.8) is 0 Å². The quantitative estimate of drug-likeness (QED) is 0.830. The normalized spacial score (nSPS) is 15.4. The van der Waals surface area contributed by atoms with Crippen molar-refractivity contribution in [2.45, 2.75) is 0 Å². The summed E-state index contributed by atoms with van der Waals surface area (Å²) in [5, 5.41) is 2.56. The van der Waals surface area contributed by atoms with Crippen molar-refractivity contribution in [2.24, 2.45) is 4.99 Å². The number of hydrogen-bond donors (Lipinski definition) is 0. The molecule has 0 amide bonds. The molecule has 0 atom stereocenters. The summed E-state index contributed by atoms with van der Waals surface area (Å²) in [6.07, 6.45) is 5.42. The first-order chi connectivity index (χ1) is 8.84. The smallest absolute Gasteiger partial charge is 0.343 e. The second kappa shape index (κ2) is 4.82. The van der Waals surface area contributed by atoms with Gasteiger partial charge in [-0.25, -0.2) is 4.79 Å². The van der Waals surface area contributed by atoms with E-state index in [9.17, 15) is 4.79 Å². The number of hydrogen-bond acceptors (Lipinski definition) is 4. The van der Waals surface area contributed by atoms with E-state index in [1.165, 1.54) is 6.26 Å². The van der Waals surface area contributed by atoms with Crippen LogP contribution in [0.4, 0.5) is 0 Å². The molecule has 0 spiro atoms. The molecule has 0 aliphatic carbocycles. The van der Waals surface area contributed by atoms with Crippen molar-refractivity contribution in [3.8, 4) is 0 Å². The molecule has 0 saturated heterocycles. The van der Waals surface area contributed by atoms with Crippen LogP contribution < -0.4 is 5.63 Å². The lowest BCUT2D eigenvalue weighted by molar-refractivity contribution is 0.518. The SMILES string of the molecule is O=c1occ(/C=C\C2=NCCS2)c2ccccc12. The average molecular weight is 257 g/mol. The maximum absolute atomic E-state index is 11.6. The van der Waals surface area contributed by atoms with E-state index in [2.05, 4.69) is 4.99 Å². The van der Waals surface area contributed by atoms with Gasteiger partial charge in [-0.05, 0) is 23.6 Å². The van der Waals surface area contributed by atoms with Crippen molar-refractivity contribution < 1.29 is 4.42 Å². The minimum absolute atomic E-state index is 0.296. The Labute approximate surface area is 108 Å². The number of fused-ring (bicyclic) bond motifs is 1. The predicted octanol–water partition coefficient (Wildman–Crippen LogP) is 2.95. The summed E-state index contributed by atoms with van der Waals surface area (Å²) in [4.78, 5) is 15.9. The average Bonchev–Trinajstić information content (AvgIpc) is 2.92. The van der Waals surface area contributed by atoms with E-state index in [0.29, 0.717) is 5.39 Å². The number of aliphatic imine (C=N–C) groups is 1. The van der Waals surface area contributed by atoms with E-state index in [-0.39, 0.29) is 5.63 Å². The highest BCUT2D eigenvalue weighted by atomic mass is 32.2. The summed E-state index contributed by atoms with van der Waals surface area (Å²) in [6, 6.07) is 7.46. The van der Waals surface area contributed by atoms with Crippen molar-refractivity contribution in [2.75, 3.05) is 12.3 Å². The Bertz CT molecular complexity index is 700. The van der Waals surface area contributed by atoms with Gasteiger partial charge in [0.05, 0.1) is 10.4 Å². The van der Waals surface area contributed by atoms with Crippen LogP contribution in [0.25, 0.3) is 16.8 Å². The third kappa shape index (κ3) is 2.11. The van der Waals surface area contributed by atoms with Crippen LogP contribution >= 0.6 is 11.8 Å². The van der Waals surface area contributed by atoms with E-state index < -0.39 is 0 Å². The molecular weight excluding hydrogens is 246 g/mol. The summed E-state index contributed by atoms with van der Waals surface area (Å²) >= 11 is 1.74. The summed E-state index contributed by atoms with van der Waals surface area (Å²) in [5.74, 6) is 1.05. The fourth-order valence-corrected chi connectivity index (χ4v) is 2.64. The lowest BCUT2D eigenvalue weighted by atomic mass is 10.1. The van der Waals surface area contributed by atoms with Gasteiger partial charge in [0.25, 0.3) is 0 Å². The highest BCUT2D eigenvalue weighted by molar-refractivity contribution is 8.14. The molecule has 0 N–H and O–H groups in total. The molecule has 0 saturated carbocycles. The zero-order chi connectivity index (χ0) is 12.4. The molecule has 0 radical (unpaired) electrons. The van der Waals surface area contributed by atoms with Crippen LogP contribution in [0, 0.1) is 0 Å². The van der Waals surface area contributed by atoms with Crippen molar-refractivity contribution in [3.05, 3.63) is 52.6 Å². The van der Waals surface area contributed by atoms with Gasteiger partial charge >= 0.3 is 5.63 Å². The zero-order valence-electron chi connectivity index (χ0n) is 9.63. The molecule has 0 fully saturated rings. The molecule has 2 heterocycles. The molecule has 0 bridgehead atoms. The van der Waals surface area contributed by atoms with Crippen molar-refractivity contribution in [1.82, 2.24) is 0 Å². The molecule has 0 unspecified atom stereocenters. The second-order valence-electron chi connectivity index (χ2n) is 3.93. The largest absolute Gasteiger partial charge is 0.430 e. The third-order valence-corrected chi connectivity index (χ3v) is 3.71. The first-order valence-electron chi connectivity index (χ1n) is 5.70. The van der Waals surface area contributed by atoms with Gasteiger partial charge in [0.15, 0.2) is 0 Å². The molecular formula is C14H11NO2S. The highest BCUT2D eigenvalue weighted by Crippen LogP contribution is 2.18. The Morgan fingerprint density at radius 1 is 1.22 bits per heavy atom. The molecule has 1 aromatic heterocycles. The monoisotopic (exact) mass is 257 g/mol. The van der Waals surface area contributed by atoms with Gasteiger partial charge in [-0.15, -0.1) is 11.8 Å². The molecule has 1 aromatic carbocycles. The minimum Gasteiger partial charge on any atom is -0.430 e. The number of thioether (sulfide) groups is 1. The van der Waals surface area contributed by atoms with E-state index >= 15 is 0 Å². The van der Waals surface area contributed by atoms with Crippen molar-refractivity contribution >= 4 is 33.7 Å². The molecule has 2 aromatic rings. The van der Waals surface area contributed by atoms with Crippen LogP contribution in [0.2, 0.25) is 0 Å². The zero-order valence-corrected chi connectivity index (χ0v) is 10.4. The number of benzene rings is 1. The summed E-state index contributed by atoms with van der Waals surface area (Å²) in [6.45, 7) is 0.884. The Morgan fingerprint density at radius 3 is 2.83 bits per heavy atom. The van der Waals surface area contributed by atoms with Crippen LogP contribution in [0.1, 0.15) is 5.56 Å². The maximum Gasteiger partial charge on any atom is 0.343 e. The molecule has 3 nitrogen and oxygen atoms in total. The first kappa shape index (κ1) is 11.3. The van der Waals surface area contributed by atoms with Gasteiger partial charge in [0.2, 0.25) is 0 Å². The first-order valence-corrected chi connectivity index (χ1v) is 6.69. The fraction of sp³-hybridized carbons (Fsp3) is 0.143. The molecule has 4 heteroatoms. The third-order valence-electron chi connectivity index (χ3n) is 2.77. The topological polar surface area (TPSA) is 42.6 Å². The summed E-state index contributed by atoms with van der Waals surface area (Å²) in [5.41, 5.74) is 0.607. The van der Waals surface area contributed by atoms with E-state index in [4.69, 9.17) is 4.42 Å². The van der Waals surface area contributed by atoms with Gasteiger partial charge in [-0.1, -0.05) is 18.2 Å². The minimum atomic E-state index is -0.296. The second-order valence-corrected chi connectivity index (χ2v) is 5.04. The maximum atomic E-state index is 11.6. The van der Waals surface area contributed by atoms with Gasteiger partial charge in [0.1, 0.15) is 6.26 Å². The molecule has 90 valence electrons. The number of rotatable bonds is 2. The van der Waals surface area contributed by atoms with Crippen molar-refractivity contribution in [1.29, 1.82) is 0 Å². The van der Waals surface area contributed by atoms with Crippen LogP contribution in [0.15, 0.2) is 50.8 Å².